The summed E-state index contributed by atoms with van der Waals surface area (Å²) in [6.07, 6.45) is 3.65. The molecule has 2 aliphatic rings. The van der Waals surface area contributed by atoms with E-state index in [1.807, 2.05) is 0 Å². The molecule has 0 saturated carbocycles. The Morgan fingerprint density at radius 3 is 2.55 bits per heavy atom. The fraction of sp³-hybridized carbons (Fsp3) is 0.667. The molecule has 31 heavy (non-hydrogen) atoms. The molecule has 10 heteroatoms. The van der Waals surface area contributed by atoms with E-state index in [1.165, 1.54) is 31.4 Å². The molecule has 2 fully saturated rings. The van der Waals surface area contributed by atoms with E-state index in [1.54, 1.807) is 0 Å². The number of rotatable bonds is 9. The van der Waals surface area contributed by atoms with E-state index in [2.05, 4.69) is 14.9 Å². The Labute approximate surface area is 183 Å². The first-order valence-electron chi connectivity index (χ1n) is 10.9. The Hall–Kier alpha value is -1.59. The van der Waals surface area contributed by atoms with Crippen LogP contribution in [0.25, 0.3) is 0 Å². The summed E-state index contributed by atoms with van der Waals surface area (Å²) in [4.78, 5) is 14.5. The van der Waals surface area contributed by atoms with Gasteiger partial charge in [0.2, 0.25) is 15.9 Å². The second kappa shape index (κ2) is 11.3. The predicted octanol–water partition coefficient (Wildman–Crippen LogP) is 1.00. The maximum atomic E-state index is 13.1. The lowest BCUT2D eigenvalue weighted by atomic mass is 9.98. The average molecular weight is 458 g/mol. The third kappa shape index (κ3) is 7.21. The van der Waals surface area contributed by atoms with Crippen molar-refractivity contribution in [3.05, 3.63) is 30.1 Å². The molecule has 2 saturated heterocycles. The van der Waals surface area contributed by atoms with Gasteiger partial charge in [0.1, 0.15) is 5.82 Å². The molecule has 0 spiro atoms. The van der Waals surface area contributed by atoms with E-state index in [-0.39, 0.29) is 29.9 Å². The smallest absolute Gasteiger partial charge is 0.240 e. The highest BCUT2D eigenvalue weighted by Gasteiger charge is 2.34. The van der Waals surface area contributed by atoms with E-state index < -0.39 is 28.0 Å². The summed E-state index contributed by atoms with van der Waals surface area (Å²) in [5.74, 6) is -0.630. The van der Waals surface area contributed by atoms with Crippen molar-refractivity contribution in [3.8, 4) is 0 Å². The van der Waals surface area contributed by atoms with Crippen LogP contribution < -0.4 is 10.0 Å². The number of carbonyl (C=O) groups excluding carboxylic acids is 1. The van der Waals surface area contributed by atoms with Crippen LogP contribution >= 0.6 is 0 Å². The molecular weight excluding hydrogens is 425 g/mol. The molecule has 3 rings (SSSR count). The van der Waals surface area contributed by atoms with Crippen LogP contribution in [0.5, 0.6) is 0 Å². The topological polar surface area (TPSA) is 108 Å². The molecular formula is C21H32FN3O5S. The quantitative estimate of drug-likeness (QED) is 0.511. The first-order valence-corrected chi connectivity index (χ1v) is 12.4. The summed E-state index contributed by atoms with van der Waals surface area (Å²) in [7, 11) is -3.87. The highest BCUT2D eigenvalue weighted by Crippen LogP contribution is 2.23. The molecule has 174 valence electrons. The van der Waals surface area contributed by atoms with Gasteiger partial charge in [0.15, 0.2) is 0 Å². The van der Waals surface area contributed by atoms with Crippen molar-refractivity contribution >= 4 is 15.9 Å². The normalized spacial score (nSPS) is 25.3. The number of nitrogens with zero attached hydrogens (tertiary/aromatic N) is 1. The lowest BCUT2D eigenvalue weighted by molar-refractivity contribution is -0.130. The van der Waals surface area contributed by atoms with Crippen LogP contribution in [-0.2, 0) is 19.6 Å². The Balaban J connectivity index is 1.45. The summed E-state index contributed by atoms with van der Waals surface area (Å²) >= 11 is 0. The molecule has 1 amide bonds. The van der Waals surface area contributed by atoms with Gasteiger partial charge < -0.3 is 20.1 Å². The molecule has 1 aromatic rings. The zero-order chi connectivity index (χ0) is 22.3. The summed E-state index contributed by atoms with van der Waals surface area (Å²) in [6, 6.07) is 3.90. The van der Waals surface area contributed by atoms with Crippen molar-refractivity contribution in [2.45, 2.75) is 61.7 Å². The van der Waals surface area contributed by atoms with E-state index in [9.17, 15) is 22.7 Å². The molecule has 1 aromatic carbocycles. The number of amides is 1. The molecule has 8 nitrogen and oxygen atoms in total. The van der Waals surface area contributed by atoms with Crippen molar-refractivity contribution in [1.82, 2.24) is 14.9 Å². The third-order valence-electron chi connectivity index (χ3n) is 5.84. The fourth-order valence-corrected chi connectivity index (χ4v) is 5.41. The summed E-state index contributed by atoms with van der Waals surface area (Å²) in [5.41, 5.74) is 0. The van der Waals surface area contributed by atoms with Crippen LogP contribution in [0, 0.1) is 5.82 Å². The van der Waals surface area contributed by atoms with E-state index >= 15 is 0 Å². The number of likely N-dealkylation sites (tertiary alicyclic amines) is 1. The van der Waals surface area contributed by atoms with Crippen LogP contribution in [0.1, 0.15) is 38.5 Å². The summed E-state index contributed by atoms with van der Waals surface area (Å²) < 4.78 is 46.5. The first kappa shape index (κ1) is 24.1. The predicted molar refractivity (Wildman–Crippen MR) is 113 cm³/mol. The summed E-state index contributed by atoms with van der Waals surface area (Å²) in [6.45, 7) is 3.21. The minimum atomic E-state index is -3.87. The van der Waals surface area contributed by atoms with Gasteiger partial charge in [-0.25, -0.2) is 17.5 Å². The second-order valence-corrected chi connectivity index (χ2v) is 9.91. The van der Waals surface area contributed by atoms with Gasteiger partial charge in [0.25, 0.3) is 0 Å². The van der Waals surface area contributed by atoms with Gasteiger partial charge in [-0.1, -0.05) is 6.42 Å². The zero-order valence-corrected chi connectivity index (χ0v) is 18.4. The number of aliphatic hydroxyl groups is 1. The van der Waals surface area contributed by atoms with Gasteiger partial charge in [-0.15, -0.1) is 0 Å². The Morgan fingerprint density at radius 1 is 1.16 bits per heavy atom. The van der Waals surface area contributed by atoms with Crippen molar-refractivity contribution in [3.63, 3.8) is 0 Å². The van der Waals surface area contributed by atoms with E-state index in [4.69, 9.17) is 4.74 Å². The van der Waals surface area contributed by atoms with Crippen LogP contribution in [-0.4, -0.2) is 75.4 Å². The van der Waals surface area contributed by atoms with Crippen molar-refractivity contribution in [1.29, 1.82) is 0 Å². The van der Waals surface area contributed by atoms with E-state index in [0.29, 0.717) is 19.4 Å². The van der Waals surface area contributed by atoms with Crippen molar-refractivity contribution < 1.29 is 27.4 Å². The Morgan fingerprint density at radius 2 is 1.87 bits per heavy atom. The molecule has 3 atom stereocenters. The largest absolute Gasteiger partial charge is 0.394 e. The third-order valence-corrected chi connectivity index (χ3v) is 7.34. The molecule has 0 radical (unpaired) electrons. The molecule has 3 N–H and O–H groups in total. The van der Waals surface area contributed by atoms with Crippen LogP contribution in [0.15, 0.2) is 29.2 Å². The van der Waals surface area contributed by atoms with Gasteiger partial charge in [-0.3, -0.25) is 4.79 Å². The fourth-order valence-electron chi connectivity index (χ4n) is 4.11. The van der Waals surface area contributed by atoms with Crippen LogP contribution in [0.3, 0.4) is 0 Å². The maximum Gasteiger partial charge on any atom is 0.240 e. The number of sulfonamides is 1. The Bertz CT molecular complexity index is 815. The van der Waals surface area contributed by atoms with Gasteiger partial charge in [0.05, 0.1) is 36.2 Å². The molecule has 0 bridgehead atoms. The molecule has 2 heterocycles. The number of carbonyl (C=O) groups is 1. The highest BCUT2D eigenvalue weighted by atomic mass is 32.2. The number of ether oxygens (including phenoxy) is 1. The maximum absolute atomic E-state index is 13.1. The minimum Gasteiger partial charge on any atom is -0.394 e. The first-order chi connectivity index (χ1) is 14.9. The lowest BCUT2D eigenvalue weighted by Crippen LogP contribution is -2.51. The second-order valence-electron chi connectivity index (χ2n) is 8.19. The van der Waals surface area contributed by atoms with E-state index in [0.717, 1.165) is 31.8 Å². The van der Waals surface area contributed by atoms with Gasteiger partial charge in [-0.2, -0.15) is 0 Å². The number of aliphatic hydroxyl groups excluding tert-OH is 1. The monoisotopic (exact) mass is 457 g/mol. The SMILES string of the molecule is O=C(C[C@H]1CC[C@H](NS(=O)(=O)c2ccc(F)cc2)[C@H](CO)O1)NCCN1CCCCC1. The molecule has 0 unspecified atom stereocenters. The number of hydrogen-bond donors (Lipinski definition) is 3. The number of halogens is 1. The lowest BCUT2D eigenvalue weighted by Gasteiger charge is -2.35. The van der Waals surface area contributed by atoms with Crippen molar-refractivity contribution in [2.24, 2.45) is 0 Å². The van der Waals surface area contributed by atoms with Crippen LogP contribution in [0.2, 0.25) is 0 Å². The number of benzene rings is 1. The minimum absolute atomic E-state index is 0.0548. The zero-order valence-electron chi connectivity index (χ0n) is 17.6. The number of piperidine rings is 1. The average Bonchev–Trinajstić information content (AvgIpc) is 2.75. The Kier molecular flexibility index (Phi) is 8.79. The molecule has 2 aliphatic heterocycles. The molecule has 0 aromatic heterocycles. The summed E-state index contributed by atoms with van der Waals surface area (Å²) in [5, 5.41) is 12.6. The standard InChI is InChI=1S/C21H32FN3O5S/c22-16-4-7-18(8-5-16)31(28,29)24-19-9-6-17(30-20(19)15-26)14-21(27)23-10-13-25-11-2-1-3-12-25/h4-5,7-8,17,19-20,24,26H,1-3,6,9-15H2,(H,23,27)/t17-,19+,20+/m1/s1. The van der Waals surface area contributed by atoms with Gasteiger partial charge in [-0.05, 0) is 63.0 Å². The number of hydrogen-bond acceptors (Lipinski definition) is 6. The van der Waals surface area contributed by atoms with Crippen LogP contribution in [0.4, 0.5) is 4.39 Å². The van der Waals surface area contributed by atoms with Gasteiger partial charge in [0, 0.05) is 13.1 Å². The molecule has 0 aliphatic carbocycles. The van der Waals surface area contributed by atoms with Gasteiger partial charge >= 0.3 is 0 Å². The highest BCUT2D eigenvalue weighted by molar-refractivity contribution is 7.89. The number of nitrogens with one attached hydrogen (secondary N) is 2. The van der Waals surface area contributed by atoms with Crippen molar-refractivity contribution in [2.75, 3.05) is 32.8 Å².